The van der Waals surface area contributed by atoms with Crippen LogP contribution in [0.15, 0.2) is 18.3 Å². The van der Waals surface area contributed by atoms with Crippen LogP contribution in [-0.2, 0) is 17.6 Å². The molecule has 4 nitrogen and oxygen atoms in total. The summed E-state index contributed by atoms with van der Waals surface area (Å²) in [5, 5.41) is 0. The van der Waals surface area contributed by atoms with Gasteiger partial charge in [-0.25, -0.2) is 14.8 Å². The smallest absolute Gasteiger partial charge is 0.357 e. The van der Waals surface area contributed by atoms with Crippen molar-refractivity contribution in [2.45, 2.75) is 33.1 Å². The molecule has 0 N–H and O–H groups in total. The number of aryl methyl sites for hydroxylation is 1. The van der Waals surface area contributed by atoms with E-state index in [2.05, 4.69) is 16.5 Å². The third-order valence-electron chi connectivity index (χ3n) is 2.26. The standard InChI is InChI=1S/C13H18N2O2/c1-5-6-11-14-8-10(7-9(2)3)12(15-11)13(16)17-4/h8H,2,5-7H2,1,3-4H3. The van der Waals surface area contributed by atoms with Crippen molar-refractivity contribution >= 4 is 5.97 Å². The largest absolute Gasteiger partial charge is 0.464 e. The fourth-order valence-corrected chi connectivity index (χ4v) is 1.52. The Balaban J connectivity index is 3.11. The Morgan fingerprint density at radius 3 is 2.76 bits per heavy atom. The van der Waals surface area contributed by atoms with Crippen LogP contribution in [0.3, 0.4) is 0 Å². The van der Waals surface area contributed by atoms with Gasteiger partial charge in [0, 0.05) is 18.2 Å². The molecule has 0 aromatic carbocycles. The lowest BCUT2D eigenvalue weighted by molar-refractivity contribution is 0.0592. The van der Waals surface area contributed by atoms with Crippen LogP contribution in [0.25, 0.3) is 0 Å². The van der Waals surface area contributed by atoms with E-state index in [9.17, 15) is 4.79 Å². The molecule has 4 heteroatoms. The molecule has 0 spiro atoms. The molecule has 0 aliphatic heterocycles. The number of ether oxygens (including phenoxy) is 1. The van der Waals surface area contributed by atoms with Crippen LogP contribution in [0.5, 0.6) is 0 Å². The Morgan fingerprint density at radius 2 is 2.24 bits per heavy atom. The number of rotatable bonds is 5. The lowest BCUT2D eigenvalue weighted by Crippen LogP contribution is -2.12. The lowest BCUT2D eigenvalue weighted by atomic mass is 10.1. The van der Waals surface area contributed by atoms with E-state index in [1.807, 2.05) is 13.8 Å². The van der Waals surface area contributed by atoms with E-state index in [1.165, 1.54) is 7.11 Å². The van der Waals surface area contributed by atoms with E-state index in [4.69, 9.17) is 4.74 Å². The number of esters is 1. The Kier molecular flexibility index (Phi) is 4.82. The van der Waals surface area contributed by atoms with Gasteiger partial charge in [-0.05, 0) is 19.8 Å². The van der Waals surface area contributed by atoms with E-state index >= 15 is 0 Å². The van der Waals surface area contributed by atoms with Gasteiger partial charge < -0.3 is 4.74 Å². The van der Waals surface area contributed by atoms with Gasteiger partial charge in [-0.3, -0.25) is 0 Å². The maximum absolute atomic E-state index is 11.6. The zero-order valence-electron chi connectivity index (χ0n) is 10.6. The van der Waals surface area contributed by atoms with Crippen molar-refractivity contribution in [2.75, 3.05) is 7.11 Å². The topological polar surface area (TPSA) is 52.1 Å². The average Bonchev–Trinajstić information content (AvgIpc) is 2.30. The van der Waals surface area contributed by atoms with Crippen molar-refractivity contribution in [2.24, 2.45) is 0 Å². The summed E-state index contributed by atoms with van der Waals surface area (Å²) in [5.74, 6) is 0.263. The zero-order chi connectivity index (χ0) is 12.8. The molecule has 0 unspecified atom stereocenters. The summed E-state index contributed by atoms with van der Waals surface area (Å²) in [6, 6.07) is 0. The summed E-state index contributed by atoms with van der Waals surface area (Å²) in [5.41, 5.74) is 2.08. The van der Waals surface area contributed by atoms with Crippen LogP contribution >= 0.6 is 0 Å². The Bertz CT molecular complexity index is 427. The number of carbonyl (C=O) groups excluding carboxylic acids is 1. The summed E-state index contributed by atoms with van der Waals surface area (Å²) < 4.78 is 4.73. The summed E-state index contributed by atoms with van der Waals surface area (Å²) in [6.07, 6.45) is 3.99. The summed E-state index contributed by atoms with van der Waals surface area (Å²) in [7, 11) is 1.36. The predicted molar refractivity (Wildman–Crippen MR) is 65.9 cm³/mol. The molecule has 17 heavy (non-hydrogen) atoms. The lowest BCUT2D eigenvalue weighted by Gasteiger charge is -2.08. The molecule has 0 amide bonds. The Hall–Kier alpha value is -1.71. The van der Waals surface area contributed by atoms with Crippen LogP contribution in [0.4, 0.5) is 0 Å². The number of nitrogens with zero attached hydrogens (tertiary/aromatic N) is 2. The second-order valence-corrected chi connectivity index (χ2v) is 4.04. The molecule has 1 aromatic rings. The maximum atomic E-state index is 11.6. The summed E-state index contributed by atoms with van der Waals surface area (Å²) in [4.78, 5) is 20.1. The van der Waals surface area contributed by atoms with Crippen molar-refractivity contribution in [3.8, 4) is 0 Å². The van der Waals surface area contributed by atoms with Crippen molar-refractivity contribution in [3.63, 3.8) is 0 Å². The molecule has 1 heterocycles. The maximum Gasteiger partial charge on any atom is 0.357 e. The van der Waals surface area contributed by atoms with Crippen LogP contribution in [0, 0.1) is 0 Å². The summed E-state index contributed by atoms with van der Waals surface area (Å²) in [6.45, 7) is 7.78. The second-order valence-electron chi connectivity index (χ2n) is 4.04. The monoisotopic (exact) mass is 234 g/mol. The summed E-state index contributed by atoms with van der Waals surface area (Å²) >= 11 is 0. The first kappa shape index (κ1) is 13.4. The van der Waals surface area contributed by atoms with Gasteiger partial charge >= 0.3 is 5.97 Å². The van der Waals surface area contributed by atoms with E-state index < -0.39 is 5.97 Å². The van der Waals surface area contributed by atoms with Gasteiger partial charge in [0.25, 0.3) is 0 Å². The van der Waals surface area contributed by atoms with Gasteiger partial charge in [-0.1, -0.05) is 19.1 Å². The molecule has 0 atom stereocenters. The Labute approximate surface area is 102 Å². The van der Waals surface area contributed by atoms with Crippen molar-refractivity contribution in [3.05, 3.63) is 35.4 Å². The number of hydrogen-bond donors (Lipinski definition) is 0. The highest BCUT2D eigenvalue weighted by atomic mass is 16.5. The van der Waals surface area contributed by atoms with E-state index in [0.29, 0.717) is 17.9 Å². The van der Waals surface area contributed by atoms with Crippen LogP contribution < -0.4 is 0 Å². The molecule has 0 aliphatic carbocycles. The molecule has 0 aliphatic rings. The third kappa shape index (κ3) is 3.66. The first-order chi connectivity index (χ1) is 8.08. The molecule has 0 radical (unpaired) electrons. The normalized spacial score (nSPS) is 10.1. The highest BCUT2D eigenvalue weighted by Gasteiger charge is 2.15. The van der Waals surface area contributed by atoms with Gasteiger partial charge in [0.15, 0.2) is 5.69 Å². The first-order valence-corrected chi connectivity index (χ1v) is 5.66. The molecule has 92 valence electrons. The first-order valence-electron chi connectivity index (χ1n) is 5.66. The SMILES string of the molecule is C=C(C)Cc1cnc(CCC)nc1C(=O)OC. The van der Waals surface area contributed by atoms with Gasteiger partial charge in [0.05, 0.1) is 7.11 Å². The van der Waals surface area contributed by atoms with Crippen LogP contribution in [0.2, 0.25) is 0 Å². The van der Waals surface area contributed by atoms with E-state index in [0.717, 1.165) is 24.0 Å². The molecular formula is C13H18N2O2. The molecule has 0 saturated carbocycles. The number of allylic oxidation sites excluding steroid dienone is 1. The van der Waals surface area contributed by atoms with Gasteiger partial charge in [-0.2, -0.15) is 0 Å². The van der Waals surface area contributed by atoms with E-state index in [1.54, 1.807) is 6.20 Å². The van der Waals surface area contributed by atoms with Gasteiger partial charge in [0.2, 0.25) is 0 Å². The minimum Gasteiger partial charge on any atom is -0.464 e. The molecule has 0 bridgehead atoms. The highest BCUT2D eigenvalue weighted by molar-refractivity contribution is 5.88. The average molecular weight is 234 g/mol. The van der Waals surface area contributed by atoms with Crippen molar-refractivity contribution in [1.29, 1.82) is 0 Å². The Morgan fingerprint density at radius 1 is 1.53 bits per heavy atom. The number of hydrogen-bond acceptors (Lipinski definition) is 4. The molecule has 0 saturated heterocycles. The fourth-order valence-electron chi connectivity index (χ4n) is 1.52. The molecule has 1 aromatic heterocycles. The van der Waals surface area contributed by atoms with Gasteiger partial charge in [0.1, 0.15) is 5.82 Å². The third-order valence-corrected chi connectivity index (χ3v) is 2.26. The zero-order valence-corrected chi connectivity index (χ0v) is 10.6. The van der Waals surface area contributed by atoms with Crippen LogP contribution in [-0.4, -0.2) is 23.0 Å². The second kappa shape index (κ2) is 6.13. The van der Waals surface area contributed by atoms with Gasteiger partial charge in [-0.15, -0.1) is 0 Å². The number of carbonyl (C=O) groups is 1. The molecule has 0 fully saturated rings. The molecule has 1 rings (SSSR count). The fraction of sp³-hybridized carbons (Fsp3) is 0.462. The predicted octanol–water partition coefficient (Wildman–Crippen LogP) is 2.33. The van der Waals surface area contributed by atoms with Crippen molar-refractivity contribution in [1.82, 2.24) is 9.97 Å². The highest BCUT2D eigenvalue weighted by Crippen LogP contribution is 2.12. The quantitative estimate of drug-likeness (QED) is 0.579. The van der Waals surface area contributed by atoms with Crippen molar-refractivity contribution < 1.29 is 9.53 Å². The number of methoxy groups -OCH3 is 1. The number of aromatic nitrogens is 2. The minimum absolute atomic E-state index is 0.356. The minimum atomic E-state index is -0.416. The van der Waals surface area contributed by atoms with Crippen LogP contribution in [0.1, 0.15) is 42.1 Å². The molecular weight excluding hydrogens is 216 g/mol. The van der Waals surface area contributed by atoms with E-state index in [-0.39, 0.29) is 0 Å².